The van der Waals surface area contributed by atoms with Gasteiger partial charge in [0.25, 0.3) is 0 Å². The summed E-state index contributed by atoms with van der Waals surface area (Å²) in [5, 5.41) is 0. The van der Waals surface area contributed by atoms with Gasteiger partial charge in [-0.3, -0.25) is 0 Å². The largest absolute Gasteiger partial charge is 0.500 e. The van der Waals surface area contributed by atoms with Gasteiger partial charge in [0.1, 0.15) is 0 Å². The Labute approximate surface area is 204 Å². The number of esters is 1. The molecular weight excluding hydrogens is 456 g/mol. The number of rotatable bonds is 16. The lowest BCUT2D eigenvalue weighted by Crippen LogP contribution is -2.45. The van der Waals surface area contributed by atoms with Crippen LogP contribution < -0.4 is 0 Å². The van der Waals surface area contributed by atoms with E-state index in [0.29, 0.717) is 25.4 Å². The highest BCUT2D eigenvalue weighted by molar-refractivity contribution is 6.65. The molecule has 0 heterocycles. The van der Waals surface area contributed by atoms with Gasteiger partial charge in [-0.1, -0.05) is 25.7 Å². The zero-order chi connectivity index (χ0) is 25.2. The molecule has 194 valence electrons. The molecule has 0 aliphatic heterocycles. The molecule has 0 radical (unpaired) electrons. The molecule has 9 heteroatoms. The minimum Gasteiger partial charge on any atom is -0.462 e. The Morgan fingerprint density at radius 3 is 2.12 bits per heavy atom. The van der Waals surface area contributed by atoms with E-state index in [4.69, 9.17) is 26.9 Å². The van der Waals surface area contributed by atoms with Crippen LogP contribution in [0.15, 0.2) is 24.3 Å². The molecule has 0 aromatic carbocycles. The maximum atomic E-state index is 11.0. The Morgan fingerprint density at radius 2 is 1.67 bits per heavy atom. The van der Waals surface area contributed by atoms with Gasteiger partial charge in [0.05, 0.1) is 6.61 Å². The lowest BCUT2D eigenvalue weighted by atomic mass is 9.92. The van der Waals surface area contributed by atoms with Gasteiger partial charge in [-0.2, -0.15) is 0 Å². The van der Waals surface area contributed by atoms with E-state index in [1.165, 1.54) is 19.3 Å². The molecule has 1 atom stereocenters. The van der Waals surface area contributed by atoms with Gasteiger partial charge in [0, 0.05) is 45.7 Å². The molecule has 0 saturated heterocycles. The summed E-state index contributed by atoms with van der Waals surface area (Å²) in [5.74, 6) is 0.440. The Kier molecular flexibility index (Phi) is 18.0. The van der Waals surface area contributed by atoms with Crippen molar-refractivity contribution in [2.24, 2.45) is 5.92 Å². The fraction of sp³-hybridized carbons (Fsp3) is 0.792. The molecule has 0 aromatic heterocycles. The van der Waals surface area contributed by atoms with E-state index in [1.807, 2.05) is 20.4 Å². The Bertz CT molecular complexity index is 559. The predicted octanol–water partition coefficient (Wildman–Crippen LogP) is 5.64. The quantitative estimate of drug-likeness (QED) is 0.0885. The van der Waals surface area contributed by atoms with Gasteiger partial charge in [-0.05, 0) is 71.4 Å². The van der Waals surface area contributed by atoms with E-state index >= 15 is 0 Å². The first kappa shape index (κ1) is 32.2. The summed E-state index contributed by atoms with van der Waals surface area (Å²) in [5.41, 5.74) is 0.425. The van der Waals surface area contributed by atoms with Crippen LogP contribution >= 0.6 is 0 Å². The van der Waals surface area contributed by atoms with Crippen molar-refractivity contribution in [3.63, 3.8) is 0 Å². The van der Waals surface area contributed by atoms with Crippen molar-refractivity contribution >= 4 is 23.3 Å². The number of allylic oxidation sites excluding steroid dienone is 2. The van der Waals surface area contributed by atoms with Crippen molar-refractivity contribution in [2.75, 3.05) is 40.6 Å². The molecule has 7 nitrogen and oxygen atoms in total. The minimum absolute atomic E-state index is 0.340. The Balaban J connectivity index is 0.000000633. The van der Waals surface area contributed by atoms with Crippen LogP contribution in [0.2, 0.25) is 18.6 Å². The smallest absolute Gasteiger partial charge is 0.462 e. The van der Waals surface area contributed by atoms with Crippen molar-refractivity contribution in [1.29, 1.82) is 0 Å². The maximum absolute atomic E-state index is 11.0. The highest BCUT2D eigenvalue weighted by Gasteiger charge is 2.38. The lowest BCUT2D eigenvalue weighted by molar-refractivity contribution is -0.138. The second-order valence-electron chi connectivity index (χ2n) is 8.25. The fourth-order valence-corrected chi connectivity index (χ4v) is 6.87. The molecule has 0 aromatic rings. The second-order valence-corrected chi connectivity index (χ2v) is 14.8. The van der Waals surface area contributed by atoms with Crippen LogP contribution in [0, 0.1) is 5.92 Å². The van der Waals surface area contributed by atoms with Crippen LogP contribution in [0.1, 0.15) is 59.8 Å². The van der Waals surface area contributed by atoms with Gasteiger partial charge in [-0.25, -0.2) is 4.79 Å². The molecule has 0 fully saturated rings. The van der Waals surface area contributed by atoms with E-state index in [1.54, 1.807) is 21.1 Å². The SMILES string of the molecule is C=C(C)C(=O)OCCC[Si](C)(OC)OC.CCO[Si](CC)(OCC)OCCC1CC=CCC1. The number of ether oxygens (including phenoxy) is 1. The third kappa shape index (κ3) is 14.2. The average molecular weight is 505 g/mol. The lowest BCUT2D eigenvalue weighted by Gasteiger charge is -2.28. The molecule has 0 N–H and O–H groups in total. The summed E-state index contributed by atoms with van der Waals surface area (Å²) in [6.45, 7) is 15.7. The van der Waals surface area contributed by atoms with Crippen molar-refractivity contribution in [3.05, 3.63) is 24.3 Å². The average Bonchev–Trinajstić information content (AvgIpc) is 2.82. The summed E-state index contributed by atoms with van der Waals surface area (Å²) < 4.78 is 33.2. The zero-order valence-corrected chi connectivity index (χ0v) is 24.1. The molecule has 1 aliphatic rings. The molecule has 0 spiro atoms. The standard InChI is InChI=1S/C14H28O3Si.C10H20O4Si/c1-4-15-18(6-3,16-5-2)17-13-12-14-10-8-7-9-11-14;1-9(2)10(11)14-7-6-8-15(5,12-3)13-4/h7-8,14H,4-6,9-13H2,1-3H3;1,6-8H2,2-5H3. The number of hydrogen-bond acceptors (Lipinski definition) is 7. The fourth-order valence-electron chi connectivity index (χ4n) is 3.34. The van der Waals surface area contributed by atoms with Gasteiger partial charge >= 0.3 is 23.3 Å². The highest BCUT2D eigenvalue weighted by atomic mass is 28.4. The van der Waals surface area contributed by atoms with E-state index in [2.05, 4.69) is 25.7 Å². The Morgan fingerprint density at radius 1 is 1.03 bits per heavy atom. The van der Waals surface area contributed by atoms with Crippen LogP contribution in [0.25, 0.3) is 0 Å². The first-order chi connectivity index (χ1) is 15.7. The number of carbonyl (C=O) groups is 1. The maximum Gasteiger partial charge on any atom is 0.500 e. The monoisotopic (exact) mass is 504 g/mol. The topological polar surface area (TPSA) is 72.5 Å². The van der Waals surface area contributed by atoms with E-state index in [-0.39, 0.29) is 5.97 Å². The predicted molar refractivity (Wildman–Crippen MR) is 137 cm³/mol. The zero-order valence-electron chi connectivity index (χ0n) is 22.1. The number of carbonyl (C=O) groups excluding carboxylic acids is 1. The van der Waals surface area contributed by atoms with Gasteiger partial charge < -0.3 is 26.9 Å². The van der Waals surface area contributed by atoms with E-state index < -0.39 is 17.4 Å². The third-order valence-electron chi connectivity index (χ3n) is 5.61. The van der Waals surface area contributed by atoms with Gasteiger partial charge in [-0.15, -0.1) is 0 Å². The van der Waals surface area contributed by atoms with Crippen LogP contribution in [0.5, 0.6) is 0 Å². The third-order valence-corrected chi connectivity index (χ3v) is 11.6. The van der Waals surface area contributed by atoms with Crippen LogP contribution in [-0.4, -0.2) is 64.0 Å². The van der Waals surface area contributed by atoms with Crippen molar-refractivity contribution in [3.8, 4) is 0 Å². The molecule has 0 saturated carbocycles. The molecule has 1 rings (SSSR count). The molecule has 1 aliphatic carbocycles. The molecular formula is C24H48O7Si2. The summed E-state index contributed by atoms with van der Waals surface area (Å²) in [6.07, 6.45) is 10.2. The van der Waals surface area contributed by atoms with Crippen LogP contribution in [0.3, 0.4) is 0 Å². The second kappa shape index (κ2) is 18.5. The summed E-state index contributed by atoms with van der Waals surface area (Å²) in [6, 6.07) is 1.67. The first-order valence-electron chi connectivity index (χ1n) is 12.2. The van der Waals surface area contributed by atoms with E-state index in [0.717, 1.165) is 37.5 Å². The number of hydrogen-bond donors (Lipinski definition) is 0. The highest BCUT2D eigenvalue weighted by Crippen LogP contribution is 2.23. The van der Waals surface area contributed by atoms with Crippen LogP contribution in [0.4, 0.5) is 0 Å². The van der Waals surface area contributed by atoms with Crippen molar-refractivity contribution in [1.82, 2.24) is 0 Å². The molecule has 0 bridgehead atoms. The molecule has 1 unspecified atom stereocenters. The normalized spacial score (nSPS) is 16.2. The molecule has 33 heavy (non-hydrogen) atoms. The Hall–Kier alpha value is -0.816. The van der Waals surface area contributed by atoms with Crippen LogP contribution in [-0.2, 0) is 31.7 Å². The van der Waals surface area contributed by atoms with Crippen molar-refractivity contribution in [2.45, 2.75) is 78.4 Å². The van der Waals surface area contributed by atoms with Gasteiger partial charge in [0.2, 0.25) is 0 Å². The van der Waals surface area contributed by atoms with E-state index in [9.17, 15) is 4.79 Å². The summed E-state index contributed by atoms with van der Waals surface area (Å²) >= 11 is 0. The minimum atomic E-state index is -2.37. The van der Waals surface area contributed by atoms with Crippen molar-refractivity contribution < 1.29 is 31.7 Å². The summed E-state index contributed by atoms with van der Waals surface area (Å²) in [7, 11) is -1.09. The van der Waals surface area contributed by atoms with Gasteiger partial charge in [0.15, 0.2) is 0 Å². The molecule has 0 amide bonds. The summed E-state index contributed by atoms with van der Waals surface area (Å²) in [4.78, 5) is 11.0. The first-order valence-corrected chi connectivity index (χ1v) is 16.7.